The molecule has 0 aliphatic heterocycles. The lowest BCUT2D eigenvalue weighted by Gasteiger charge is -2.21. The largest absolute Gasteiger partial charge is 0.450 e. The van der Waals surface area contributed by atoms with E-state index in [-0.39, 0.29) is 36.1 Å². The quantitative estimate of drug-likeness (QED) is 0.293. The standard InChI is InChI=1S/C16H32N4O2.HI/c1-5-12(6-2)10-18-15(17-4)19-11-14(13-8-9-13)20-16(21)22-7-3;/h12-14H,5-11H2,1-4H3,(H,20,21)(H2,17,18,19);1H. The van der Waals surface area contributed by atoms with Gasteiger partial charge in [0.05, 0.1) is 12.6 Å². The fraction of sp³-hybridized carbons (Fsp3) is 0.875. The minimum absolute atomic E-state index is 0. The maximum Gasteiger partial charge on any atom is 0.407 e. The third kappa shape index (κ3) is 9.22. The second-order valence-electron chi connectivity index (χ2n) is 5.83. The van der Waals surface area contributed by atoms with Gasteiger partial charge in [-0.05, 0) is 31.6 Å². The summed E-state index contributed by atoms with van der Waals surface area (Å²) in [6, 6.07) is 0.103. The van der Waals surface area contributed by atoms with Crippen LogP contribution >= 0.6 is 24.0 Å². The van der Waals surface area contributed by atoms with Gasteiger partial charge < -0.3 is 20.7 Å². The van der Waals surface area contributed by atoms with Crippen molar-refractivity contribution in [3.63, 3.8) is 0 Å². The summed E-state index contributed by atoms with van der Waals surface area (Å²) in [6.07, 6.45) is 4.32. The van der Waals surface area contributed by atoms with Gasteiger partial charge in [-0.25, -0.2) is 4.79 Å². The summed E-state index contributed by atoms with van der Waals surface area (Å²) >= 11 is 0. The van der Waals surface area contributed by atoms with E-state index < -0.39 is 0 Å². The highest BCUT2D eigenvalue weighted by atomic mass is 127. The summed E-state index contributed by atoms with van der Waals surface area (Å²) in [6.45, 7) is 8.22. The second kappa shape index (κ2) is 12.7. The first-order valence-corrected chi connectivity index (χ1v) is 8.52. The van der Waals surface area contributed by atoms with E-state index in [1.807, 2.05) is 6.92 Å². The number of carbonyl (C=O) groups is 1. The number of guanidine groups is 1. The molecule has 0 spiro atoms. The lowest BCUT2D eigenvalue weighted by Crippen LogP contribution is -2.48. The van der Waals surface area contributed by atoms with Gasteiger partial charge in [-0.3, -0.25) is 4.99 Å². The molecule has 1 amide bonds. The van der Waals surface area contributed by atoms with Crippen molar-refractivity contribution in [2.24, 2.45) is 16.8 Å². The highest BCUT2D eigenvalue weighted by Gasteiger charge is 2.32. The van der Waals surface area contributed by atoms with Crippen LogP contribution in [0.4, 0.5) is 4.79 Å². The summed E-state index contributed by atoms with van der Waals surface area (Å²) in [7, 11) is 1.77. The average molecular weight is 440 g/mol. The number of rotatable bonds is 9. The Labute approximate surface area is 157 Å². The molecule has 1 aliphatic rings. The van der Waals surface area contributed by atoms with E-state index in [1.165, 1.54) is 12.8 Å². The predicted molar refractivity (Wildman–Crippen MR) is 106 cm³/mol. The minimum Gasteiger partial charge on any atom is -0.450 e. The maximum atomic E-state index is 11.6. The minimum atomic E-state index is -0.332. The number of halogens is 1. The van der Waals surface area contributed by atoms with Crippen LogP contribution in [-0.4, -0.2) is 44.8 Å². The number of amides is 1. The number of carbonyl (C=O) groups excluding carboxylic acids is 1. The molecule has 6 nitrogen and oxygen atoms in total. The van der Waals surface area contributed by atoms with Gasteiger partial charge in [0, 0.05) is 20.1 Å². The molecule has 7 heteroatoms. The van der Waals surface area contributed by atoms with Crippen LogP contribution in [0, 0.1) is 11.8 Å². The number of nitrogens with zero attached hydrogens (tertiary/aromatic N) is 1. The molecular weight excluding hydrogens is 407 g/mol. The topological polar surface area (TPSA) is 74.8 Å². The van der Waals surface area contributed by atoms with Crippen LogP contribution in [-0.2, 0) is 4.74 Å². The summed E-state index contributed by atoms with van der Waals surface area (Å²) < 4.78 is 4.97. The molecule has 0 heterocycles. The normalized spacial score (nSPS) is 15.6. The molecule has 0 aromatic heterocycles. The van der Waals surface area contributed by atoms with Crippen molar-refractivity contribution in [1.82, 2.24) is 16.0 Å². The van der Waals surface area contributed by atoms with E-state index in [0.717, 1.165) is 25.3 Å². The third-order valence-electron chi connectivity index (χ3n) is 4.20. The molecule has 0 bridgehead atoms. The van der Waals surface area contributed by atoms with Crippen molar-refractivity contribution >= 4 is 36.0 Å². The van der Waals surface area contributed by atoms with Crippen LogP contribution < -0.4 is 16.0 Å². The Morgan fingerprint density at radius 3 is 2.26 bits per heavy atom. The molecule has 1 fully saturated rings. The maximum absolute atomic E-state index is 11.6. The first kappa shape index (κ1) is 22.3. The van der Waals surface area contributed by atoms with Crippen molar-refractivity contribution in [2.45, 2.75) is 52.5 Å². The molecule has 23 heavy (non-hydrogen) atoms. The van der Waals surface area contributed by atoms with Crippen LogP contribution in [0.2, 0.25) is 0 Å². The number of hydrogen-bond donors (Lipinski definition) is 3. The monoisotopic (exact) mass is 440 g/mol. The van der Waals surface area contributed by atoms with Crippen molar-refractivity contribution in [3.05, 3.63) is 0 Å². The van der Waals surface area contributed by atoms with Gasteiger partial charge in [0.25, 0.3) is 0 Å². The van der Waals surface area contributed by atoms with E-state index in [0.29, 0.717) is 25.0 Å². The number of nitrogens with one attached hydrogen (secondary N) is 3. The first-order chi connectivity index (χ1) is 10.6. The van der Waals surface area contributed by atoms with Crippen molar-refractivity contribution < 1.29 is 9.53 Å². The summed E-state index contributed by atoms with van der Waals surface area (Å²) in [5.74, 6) is 2.01. The van der Waals surface area contributed by atoms with Gasteiger partial charge >= 0.3 is 6.09 Å². The van der Waals surface area contributed by atoms with E-state index in [1.54, 1.807) is 7.05 Å². The molecule has 0 aromatic carbocycles. The lowest BCUT2D eigenvalue weighted by molar-refractivity contribution is 0.146. The van der Waals surface area contributed by atoms with Crippen LogP contribution in [0.15, 0.2) is 4.99 Å². The Hall–Kier alpha value is -0.730. The highest BCUT2D eigenvalue weighted by molar-refractivity contribution is 14.0. The Kier molecular flexibility index (Phi) is 12.3. The van der Waals surface area contributed by atoms with Gasteiger partial charge in [-0.1, -0.05) is 26.7 Å². The SMILES string of the molecule is CCOC(=O)NC(CNC(=NC)NCC(CC)CC)C1CC1.I. The summed E-state index contributed by atoms with van der Waals surface area (Å²) in [4.78, 5) is 15.8. The fourth-order valence-electron chi connectivity index (χ4n) is 2.40. The Balaban J connectivity index is 0.00000484. The van der Waals surface area contributed by atoms with Crippen molar-refractivity contribution in [3.8, 4) is 0 Å². The number of alkyl carbamates (subject to hydrolysis) is 1. The van der Waals surface area contributed by atoms with E-state index in [2.05, 4.69) is 34.8 Å². The molecule has 1 atom stereocenters. The second-order valence-corrected chi connectivity index (χ2v) is 5.83. The van der Waals surface area contributed by atoms with Gasteiger partial charge in [0.2, 0.25) is 0 Å². The average Bonchev–Trinajstić information content (AvgIpc) is 3.34. The van der Waals surface area contributed by atoms with E-state index in [9.17, 15) is 4.79 Å². The molecule has 0 aromatic rings. The molecule has 0 radical (unpaired) electrons. The first-order valence-electron chi connectivity index (χ1n) is 8.52. The van der Waals surface area contributed by atoms with Crippen LogP contribution in [0.5, 0.6) is 0 Å². The Morgan fingerprint density at radius 1 is 1.17 bits per heavy atom. The zero-order valence-electron chi connectivity index (χ0n) is 14.9. The smallest absolute Gasteiger partial charge is 0.407 e. The fourth-order valence-corrected chi connectivity index (χ4v) is 2.40. The van der Waals surface area contributed by atoms with Gasteiger partial charge in [-0.15, -0.1) is 24.0 Å². The molecule has 1 rings (SSSR count). The predicted octanol–water partition coefficient (Wildman–Crippen LogP) is 2.73. The molecule has 1 aliphatic carbocycles. The molecule has 136 valence electrons. The summed E-state index contributed by atoms with van der Waals surface area (Å²) in [5, 5.41) is 9.61. The van der Waals surface area contributed by atoms with E-state index in [4.69, 9.17) is 4.74 Å². The van der Waals surface area contributed by atoms with Crippen LogP contribution in [0.1, 0.15) is 46.5 Å². The highest BCUT2D eigenvalue weighted by Crippen LogP contribution is 2.32. The number of aliphatic imine (C=N–C) groups is 1. The lowest BCUT2D eigenvalue weighted by atomic mass is 10.0. The number of hydrogen-bond acceptors (Lipinski definition) is 3. The number of ether oxygens (including phenoxy) is 1. The van der Waals surface area contributed by atoms with Crippen LogP contribution in [0.25, 0.3) is 0 Å². The van der Waals surface area contributed by atoms with Crippen LogP contribution in [0.3, 0.4) is 0 Å². The molecule has 1 unspecified atom stereocenters. The van der Waals surface area contributed by atoms with Gasteiger partial charge in [0.1, 0.15) is 0 Å². The molecule has 1 saturated carbocycles. The Morgan fingerprint density at radius 2 is 1.78 bits per heavy atom. The summed E-state index contributed by atoms with van der Waals surface area (Å²) in [5.41, 5.74) is 0. The van der Waals surface area contributed by atoms with E-state index >= 15 is 0 Å². The van der Waals surface area contributed by atoms with Gasteiger partial charge in [0.15, 0.2) is 5.96 Å². The Bertz CT molecular complexity index is 358. The zero-order valence-corrected chi connectivity index (χ0v) is 17.2. The van der Waals surface area contributed by atoms with Gasteiger partial charge in [-0.2, -0.15) is 0 Å². The molecule has 3 N–H and O–H groups in total. The third-order valence-corrected chi connectivity index (χ3v) is 4.20. The van der Waals surface area contributed by atoms with Crippen molar-refractivity contribution in [2.75, 3.05) is 26.7 Å². The molecule has 0 saturated heterocycles. The molecular formula is C16H33IN4O2. The zero-order chi connectivity index (χ0) is 16.4. The van der Waals surface area contributed by atoms with Crippen molar-refractivity contribution in [1.29, 1.82) is 0 Å².